The fourth-order valence-electron chi connectivity index (χ4n) is 2.14. The van der Waals surface area contributed by atoms with Crippen molar-refractivity contribution in [3.63, 3.8) is 0 Å². The Labute approximate surface area is 128 Å². The molecular formula is C16H15ClN2S. The van der Waals surface area contributed by atoms with E-state index >= 15 is 0 Å². The van der Waals surface area contributed by atoms with Crippen molar-refractivity contribution in [3.8, 4) is 0 Å². The molecule has 1 atom stereocenters. The van der Waals surface area contributed by atoms with Crippen LogP contribution < -0.4 is 5.32 Å². The Morgan fingerprint density at radius 3 is 2.80 bits per heavy atom. The number of aryl methyl sites for hydroxylation is 1. The number of rotatable bonds is 2. The third-order valence-electron chi connectivity index (χ3n) is 3.20. The largest absolute Gasteiger partial charge is 0.334 e. The predicted octanol–water partition coefficient (Wildman–Crippen LogP) is 4.90. The summed E-state index contributed by atoms with van der Waals surface area (Å²) in [6.07, 6.45) is 0. The van der Waals surface area contributed by atoms with Gasteiger partial charge in [-0.05, 0) is 30.2 Å². The lowest BCUT2D eigenvalue weighted by atomic mass is 10.1. The fourth-order valence-corrected chi connectivity index (χ4v) is 3.27. The Hall–Kier alpha value is -1.45. The minimum atomic E-state index is 0.229. The Balaban J connectivity index is 1.77. The monoisotopic (exact) mass is 302 g/mol. The number of thioether (sulfide) groups is 1. The van der Waals surface area contributed by atoms with Crippen LogP contribution in [0.25, 0.3) is 0 Å². The summed E-state index contributed by atoms with van der Waals surface area (Å²) in [6, 6.07) is 16.6. The standard InChI is InChI=1S/C16H15ClN2S/c1-11-7-8-13(17)14(9-11)18-16-19-15(10-20-16)12-5-3-2-4-6-12/h2-9,15H,10H2,1H3,(H,18,19). The van der Waals surface area contributed by atoms with Crippen molar-refractivity contribution in [2.75, 3.05) is 11.1 Å². The summed E-state index contributed by atoms with van der Waals surface area (Å²) in [5.41, 5.74) is 3.36. The molecule has 0 spiro atoms. The number of aliphatic imine (C=N–C) groups is 1. The van der Waals surface area contributed by atoms with E-state index in [2.05, 4.69) is 36.5 Å². The van der Waals surface area contributed by atoms with E-state index in [9.17, 15) is 0 Å². The van der Waals surface area contributed by atoms with Crippen LogP contribution in [-0.2, 0) is 0 Å². The first-order chi connectivity index (χ1) is 9.72. The van der Waals surface area contributed by atoms with Crippen LogP contribution in [0.5, 0.6) is 0 Å². The van der Waals surface area contributed by atoms with E-state index in [-0.39, 0.29) is 6.04 Å². The van der Waals surface area contributed by atoms with Gasteiger partial charge in [0.1, 0.15) is 0 Å². The zero-order valence-electron chi connectivity index (χ0n) is 11.1. The van der Waals surface area contributed by atoms with E-state index in [1.54, 1.807) is 11.8 Å². The van der Waals surface area contributed by atoms with Crippen LogP contribution in [0.2, 0.25) is 5.02 Å². The number of halogens is 1. The minimum Gasteiger partial charge on any atom is -0.334 e. The van der Waals surface area contributed by atoms with Gasteiger partial charge in [-0.3, -0.25) is 4.99 Å². The molecule has 1 aliphatic rings. The molecule has 0 bridgehead atoms. The molecule has 0 fully saturated rings. The van der Waals surface area contributed by atoms with Crippen LogP contribution >= 0.6 is 23.4 Å². The van der Waals surface area contributed by atoms with Gasteiger partial charge in [0.2, 0.25) is 0 Å². The average molecular weight is 303 g/mol. The highest BCUT2D eigenvalue weighted by molar-refractivity contribution is 8.14. The van der Waals surface area contributed by atoms with Crippen molar-refractivity contribution >= 4 is 34.2 Å². The van der Waals surface area contributed by atoms with Gasteiger partial charge in [-0.15, -0.1) is 0 Å². The van der Waals surface area contributed by atoms with Gasteiger partial charge < -0.3 is 5.32 Å². The molecular weight excluding hydrogens is 288 g/mol. The first-order valence-corrected chi connectivity index (χ1v) is 7.87. The first-order valence-electron chi connectivity index (χ1n) is 6.51. The Morgan fingerprint density at radius 1 is 1.20 bits per heavy atom. The second-order valence-electron chi connectivity index (χ2n) is 4.78. The van der Waals surface area contributed by atoms with Crippen molar-refractivity contribution < 1.29 is 0 Å². The van der Waals surface area contributed by atoms with E-state index in [1.165, 1.54) is 11.1 Å². The number of hydrogen-bond acceptors (Lipinski definition) is 3. The Bertz CT molecular complexity index is 640. The Morgan fingerprint density at radius 2 is 2.00 bits per heavy atom. The molecule has 0 amide bonds. The van der Waals surface area contributed by atoms with Crippen LogP contribution in [-0.4, -0.2) is 10.9 Å². The van der Waals surface area contributed by atoms with Crippen molar-refractivity contribution in [2.24, 2.45) is 4.99 Å². The van der Waals surface area contributed by atoms with E-state index < -0.39 is 0 Å². The molecule has 1 heterocycles. The molecule has 2 aromatic rings. The van der Waals surface area contributed by atoms with E-state index in [1.807, 2.05) is 24.3 Å². The second kappa shape index (κ2) is 5.90. The first kappa shape index (κ1) is 13.5. The molecule has 20 heavy (non-hydrogen) atoms. The molecule has 102 valence electrons. The van der Waals surface area contributed by atoms with Gasteiger partial charge in [-0.2, -0.15) is 0 Å². The lowest BCUT2D eigenvalue weighted by Crippen LogP contribution is -2.05. The highest BCUT2D eigenvalue weighted by atomic mass is 35.5. The summed E-state index contributed by atoms with van der Waals surface area (Å²) in [6.45, 7) is 2.05. The number of anilines is 1. The quantitative estimate of drug-likeness (QED) is 0.853. The summed E-state index contributed by atoms with van der Waals surface area (Å²) in [7, 11) is 0. The summed E-state index contributed by atoms with van der Waals surface area (Å²) in [5.74, 6) is 0.968. The third-order valence-corrected chi connectivity index (χ3v) is 4.49. The average Bonchev–Trinajstić information content (AvgIpc) is 2.92. The maximum atomic E-state index is 6.20. The molecule has 4 heteroatoms. The van der Waals surface area contributed by atoms with Gasteiger partial charge in [-0.25, -0.2) is 0 Å². The normalized spacial score (nSPS) is 17.9. The molecule has 1 N–H and O–H groups in total. The lowest BCUT2D eigenvalue weighted by Gasteiger charge is -2.08. The SMILES string of the molecule is Cc1ccc(Cl)c(NC2=NC(c3ccccc3)CS2)c1. The fraction of sp³-hybridized carbons (Fsp3) is 0.188. The molecule has 0 aliphatic carbocycles. The minimum absolute atomic E-state index is 0.229. The molecule has 2 aromatic carbocycles. The predicted molar refractivity (Wildman–Crippen MR) is 88.9 cm³/mol. The van der Waals surface area contributed by atoms with Crippen LogP contribution in [0.3, 0.4) is 0 Å². The van der Waals surface area contributed by atoms with Crippen molar-refractivity contribution in [1.29, 1.82) is 0 Å². The number of nitrogens with one attached hydrogen (secondary N) is 1. The van der Waals surface area contributed by atoms with E-state index in [0.717, 1.165) is 21.6 Å². The number of benzene rings is 2. The molecule has 0 radical (unpaired) electrons. The van der Waals surface area contributed by atoms with Crippen LogP contribution in [0.4, 0.5) is 5.69 Å². The summed E-state index contributed by atoms with van der Waals surface area (Å²) >= 11 is 7.94. The molecule has 1 unspecified atom stereocenters. The molecule has 0 saturated carbocycles. The summed E-state index contributed by atoms with van der Waals surface area (Å²) in [5, 5.41) is 4.99. The number of amidine groups is 1. The summed E-state index contributed by atoms with van der Waals surface area (Å²) < 4.78 is 0. The lowest BCUT2D eigenvalue weighted by molar-refractivity contribution is 0.849. The number of nitrogens with zero attached hydrogens (tertiary/aromatic N) is 1. The van der Waals surface area contributed by atoms with Crippen LogP contribution in [0.1, 0.15) is 17.2 Å². The molecule has 0 saturated heterocycles. The van der Waals surface area contributed by atoms with Crippen molar-refractivity contribution in [1.82, 2.24) is 0 Å². The zero-order chi connectivity index (χ0) is 13.9. The maximum Gasteiger partial charge on any atom is 0.161 e. The molecule has 2 nitrogen and oxygen atoms in total. The third kappa shape index (κ3) is 3.00. The second-order valence-corrected chi connectivity index (χ2v) is 6.20. The van der Waals surface area contributed by atoms with Gasteiger partial charge in [0.05, 0.1) is 16.8 Å². The highest BCUT2D eigenvalue weighted by Gasteiger charge is 2.20. The van der Waals surface area contributed by atoms with Crippen LogP contribution in [0.15, 0.2) is 53.5 Å². The van der Waals surface area contributed by atoms with E-state index in [4.69, 9.17) is 16.6 Å². The molecule has 0 aromatic heterocycles. The van der Waals surface area contributed by atoms with E-state index in [0.29, 0.717) is 0 Å². The highest BCUT2D eigenvalue weighted by Crippen LogP contribution is 2.32. The van der Waals surface area contributed by atoms with Gasteiger partial charge in [0, 0.05) is 5.75 Å². The zero-order valence-corrected chi connectivity index (χ0v) is 12.7. The molecule has 1 aliphatic heterocycles. The topological polar surface area (TPSA) is 24.4 Å². The smallest absolute Gasteiger partial charge is 0.161 e. The summed E-state index contributed by atoms with van der Waals surface area (Å²) in [4.78, 5) is 4.73. The van der Waals surface area contributed by atoms with Gasteiger partial charge in [0.15, 0.2) is 5.17 Å². The number of hydrogen-bond donors (Lipinski definition) is 1. The Kier molecular flexibility index (Phi) is 3.99. The molecule has 3 rings (SSSR count). The van der Waals surface area contributed by atoms with Gasteiger partial charge >= 0.3 is 0 Å². The van der Waals surface area contributed by atoms with Crippen molar-refractivity contribution in [3.05, 3.63) is 64.7 Å². The van der Waals surface area contributed by atoms with Gasteiger partial charge in [-0.1, -0.05) is 59.8 Å². The van der Waals surface area contributed by atoms with Gasteiger partial charge in [0.25, 0.3) is 0 Å². The van der Waals surface area contributed by atoms with Crippen molar-refractivity contribution in [2.45, 2.75) is 13.0 Å². The maximum absolute atomic E-state index is 6.20. The van der Waals surface area contributed by atoms with Crippen LogP contribution in [0, 0.1) is 6.92 Å².